The summed E-state index contributed by atoms with van der Waals surface area (Å²) in [5.74, 6) is -0.365. The van der Waals surface area contributed by atoms with Crippen molar-refractivity contribution in [2.24, 2.45) is 12.8 Å². The summed E-state index contributed by atoms with van der Waals surface area (Å²) in [5.41, 5.74) is 6.39. The van der Waals surface area contributed by atoms with Gasteiger partial charge in [-0.2, -0.15) is 0 Å². The molecule has 9 heteroatoms. The molecule has 4 rings (SSSR count). The van der Waals surface area contributed by atoms with Gasteiger partial charge in [0.1, 0.15) is 17.1 Å². The lowest BCUT2D eigenvalue weighted by atomic mass is 10.2. The molecule has 0 spiro atoms. The minimum absolute atomic E-state index is 0.0821. The van der Waals surface area contributed by atoms with Crippen molar-refractivity contribution in [1.29, 1.82) is 0 Å². The topological polar surface area (TPSA) is 105 Å². The third-order valence-electron chi connectivity index (χ3n) is 4.56. The van der Waals surface area contributed by atoms with Gasteiger partial charge in [0.05, 0.1) is 12.8 Å². The first-order valence-corrected chi connectivity index (χ1v) is 8.60. The monoisotopic (exact) mass is 393 g/mol. The van der Waals surface area contributed by atoms with Crippen LogP contribution in [0.2, 0.25) is 0 Å². The van der Waals surface area contributed by atoms with Gasteiger partial charge in [-0.05, 0) is 48.5 Å². The van der Waals surface area contributed by atoms with Crippen LogP contribution in [0, 0.1) is 5.82 Å². The maximum atomic E-state index is 13.3. The molecule has 1 amide bonds. The highest BCUT2D eigenvalue weighted by molar-refractivity contribution is 6.02. The van der Waals surface area contributed by atoms with Crippen LogP contribution in [0.3, 0.4) is 0 Å². The SMILES string of the molecule is COc1ccc(-c2nc(C(N)=O)c3c(n2)n(-c2ccc(F)cc2)c(=O)n3C)cc1. The minimum Gasteiger partial charge on any atom is -0.497 e. The number of methoxy groups -OCH3 is 1. The van der Waals surface area contributed by atoms with Crippen LogP contribution in [0.5, 0.6) is 5.75 Å². The number of carbonyl (C=O) groups excluding carboxylic acids is 1. The number of ether oxygens (including phenoxy) is 1. The molecule has 2 N–H and O–H groups in total. The van der Waals surface area contributed by atoms with Crippen molar-refractivity contribution in [2.45, 2.75) is 0 Å². The summed E-state index contributed by atoms with van der Waals surface area (Å²) in [6, 6.07) is 12.3. The summed E-state index contributed by atoms with van der Waals surface area (Å²) in [4.78, 5) is 33.8. The molecule has 2 heterocycles. The molecule has 0 bridgehead atoms. The minimum atomic E-state index is -0.793. The number of rotatable bonds is 4. The van der Waals surface area contributed by atoms with Gasteiger partial charge in [-0.3, -0.25) is 9.36 Å². The smallest absolute Gasteiger partial charge is 0.334 e. The van der Waals surface area contributed by atoms with Crippen LogP contribution in [-0.2, 0) is 7.05 Å². The standard InChI is InChI=1S/C20H16FN5O3/c1-25-16-15(17(22)27)23-18(11-3-9-14(29-2)10-4-11)24-19(16)26(20(25)28)13-7-5-12(21)6-8-13/h3-10H,1-2H3,(H2,22,27). The number of hydrogen-bond donors (Lipinski definition) is 1. The fourth-order valence-corrected chi connectivity index (χ4v) is 3.11. The quantitative estimate of drug-likeness (QED) is 0.571. The Hall–Kier alpha value is -4.01. The van der Waals surface area contributed by atoms with E-state index in [1.54, 1.807) is 31.4 Å². The Kier molecular flexibility index (Phi) is 4.34. The molecular weight excluding hydrogens is 377 g/mol. The molecule has 8 nitrogen and oxygen atoms in total. The third-order valence-corrected chi connectivity index (χ3v) is 4.56. The van der Waals surface area contributed by atoms with Crippen LogP contribution in [0.15, 0.2) is 53.3 Å². The Morgan fingerprint density at radius 3 is 2.31 bits per heavy atom. The van der Waals surface area contributed by atoms with Gasteiger partial charge in [0.25, 0.3) is 5.91 Å². The van der Waals surface area contributed by atoms with E-state index in [9.17, 15) is 14.0 Å². The van der Waals surface area contributed by atoms with Gasteiger partial charge in [-0.1, -0.05) is 0 Å². The molecule has 2 aromatic heterocycles. The molecule has 0 saturated heterocycles. The van der Waals surface area contributed by atoms with E-state index in [1.165, 1.54) is 40.4 Å². The van der Waals surface area contributed by atoms with Gasteiger partial charge in [0.15, 0.2) is 17.2 Å². The van der Waals surface area contributed by atoms with Crippen molar-refractivity contribution < 1.29 is 13.9 Å². The van der Waals surface area contributed by atoms with Crippen LogP contribution in [0.25, 0.3) is 28.2 Å². The molecule has 0 aliphatic carbocycles. The maximum Gasteiger partial charge on any atom is 0.334 e. The number of carbonyl (C=O) groups is 1. The van der Waals surface area contributed by atoms with Crippen LogP contribution >= 0.6 is 0 Å². The molecule has 0 aliphatic rings. The first kappa shape index (κ1) is 18.4. The summed E-state index contributed by atoms with van der Waals surface area (Å²) in [6.45, 7) is 0. The van der Waals surface area contributed by atoms with Crippen LogP contribution in [0.4, 0.5) is 4.39 Å². The Morgan fingerprint density at radius 1 is 1.07 bits per heavy atom. The van der Waals surface area contributed by atoms with E-state index in [1.807, 2.05) is 0 Å². The lowest BCUT2D eigenvalue weighted by molar-refractivity contribution is 0.0997. The van der Waals surface area contributed by atoms with Crippen LogP contribution in [-0.4, -0.2) is 32.1 Å². The Morgan fingerprint density at radius 2 is 1.72 bits per heavy atom. The number of nitrogens with two attached hydrogens (primary N) is 1. The van der Waals surface area contributed by atoms with Crippen molar-refractivity contribution in [1.82, 2.24) is 19.1 Å². The molecule has 2 aromatic carbocycles. The van der Waals surface area contributed by atoms with Crippen molar-refractivity contribution in [3.8, 4) is 22.8 Å². The zero-order chi connectivity index (χ0) is 20.7. The van der Waals surface area contributed by atoms with E-state index in [0.717, 1.165) is 0 Å². The van der Waals surface area contributed by atoms with E-state index in [-0.39, 0.29) is 22.7 Å². The molecule has 0 saturated carbocycles. The van der Waals surface area contributed by atoms with E-state index in [0.29, 0.717) is 17.0 Å². The van der Waals surface area contributed by atoms with Gasteiger partial charge in [-0.25, -0.2) is 23.7 Å². The van der Waals surface area contributed by atoms with E-state index in [4.69, 9.17) is 10.5 Å². The lowest BCUT2D eigenvalue weighted by Gasteiger charge is -2.07. The second-order valence-corrected chi connectivity index (χ2v) is 6.31. The highest BCUT2D eigenvalue weighted by Gasteiger charge is 2.22. The number of benzene rings is 2. The normalized spacial score (nSPS) is 11.0. The summed E-state index contributed by atoms with van der Waals surface area (Å²) in [5, 5.41) is 0. The number of primary amides is 1. The molecule has 0 fully saturated rings. The zero-order valence-electron chi connectivity index (χ0n) is 15.6. The predicted molar refractivity (Wildman–Crippen MR) is 105 cm³/mol. The number of aromatic nitrogens is 4. The molecular formula is C20H16FN5O3. The number of hydrogen-bond acceptors (Lipinski definition) is 5. The highest BCUT2D eigenvalue weighted by Crippen LogP contribution is 2.24. The Labute approximate surface area is 164 Å². The lowest BCUT2D eigenvalue weighted by Crippen LogP contribution is -2.21. The number of nitrogens with zero attached hydrogens (tertiary/aromatic N) is 4. The maximum absolute atomic E-state index is 13.3. The third kappa shape index (κ3) is 3.02. The summed E-state index contributed by atoms with van der Waals surface area (Å²) in [7, 11) is 3.04. The fraction of sp³-hybridized carbons (Fsp3) is 0.100. The van der Waals surface area contributed by atoms with Crippen molar-refractivity contribution in [2.75, 3.05) is 7.11 Å². The number of imidazole rings is 1. The molecule has 4 aromatic rings. The molecule has 146 valence electrons. The van der Waals surface area contributed by atoms with Crippen LogP contribution in [0.1, 0.15) is 10.5 Å². The van der Waals surface area contributed by atoms with E-state index in [2.05, 4.69) is 9.97 Å². The Balaban J connectivity index is 2.05. The van der Waals surface area contributed by atoms with Gasteiger partial charge >= 0.3 is 5.69 Å². The number of amides is 1. The highest BCUT2D eigenvalue weighted by atomic mass is 19.1. The van der Waals surface area contributed by atoms with Gasteiger partial charge in [0, 0.05) is 12.6 Å². The molecule has 0 atom stereocenters. The van der Waals surface area contributed by atoms with Gasteiger partial charge in [-0.15, -0.1) is 0 Å². The van der Waals surface area contributed by atoms with E-state index < -0.39 is 17.4 Å². The number of aryl methyl sites for hydroxylation is 1. The molecule has 0 radical (unpaired) electrons. The fourth-order valence-electron chi connectivity index (χ4n) is 3.11. The van der Waals surface area contributed by atoms with Gasteiger partial charge < -0.3 is 10.5 Å². The van der Waals surface area contributed by atoms with E-state index >= 15 is 0 Å². The predicted octanol–water partition coefficient (Wildman–Crippen LogP) is 2.03. The molecule has 0 aliphatic heterocycles. The average molecular weight is 393 g/mol. The average Bonchev–Trinajstić information content (AvgIpc) is 2.98. The van der Waals surface area contributed by atoms with Crippen molar-refractivity contribution in [3.63, 3.8) is 0 Å². The number of fused-ring (bicyclic) bond motifs is 1. The van der Waals surface area contributed by atoms with Crippen molar-refractivity contribution >= 4 is 17.1 Å². The summed E-state index contributed by atoms with van der Waals surface area (Å²) >= 11 is 0. The van der Waals surface area contributed by atoms with Gasteiger partial charge in [0.2, 0.25) is 0 Å². The second-order valence-electron chi connectivity index (χ2n) is 6.31. The second kappa shape index (κ2) is 6.86. The Bertz CT molecular complexity index is 1290. The number of halogens is 1. The zero-order valence-corrected chi connectivity index (χ0v) is 15.6. The summed E-state index contributed by atoms with van der Waals surface area (Å²) < 4.78 is 21.0. The first-order valence-electron chi connectivity index (χ1n) is 8.60. The van der Waals surface area contributed by atoms with Crippen LogP contribution < -0.4 is 16.2 Å². The largest absolute Gasteiger partial charge is 0.497 e. The molecule has 29 heavy (non-hydrogen) atoms. The van der Waals surface area contributed by atoms with Crippen molar-refractivity contribution in [3.05, 3.63) is 70.5 Å². The molecule has 0 unspecified atom stereocenters. The first-order chi connectivity index (χ1) is 13.9. The summed E-state index contributed by atoms with van der Waals surface area (Å²) in [6.07, 6.45) is 0.